The van der Waals surface area contributed by atoms with Crippen LogP contribution in [-0.2, 0) is 4.79 Å². The summed E-state index contributed by atoms with van der Waals surface area (Å²) in [5, 5.41) is 3.37. The van der Waals surface area contributed by atoms with Crippen LogP contribution in [-0.4, -0.2) is 43.5 Å². The van der Waals surface area contributed by atoms with Crippen LogP contribution in [0.4, 0.5) is 11.4 Å². The van der Waals surface area contributed by atoms with Crippen molar-refractivity contribution in [2.45, 2.75) is 35.1 Å². The monoisotopic (exact) mass is 403 g/mol. The van der Waals surface area contributed by atoms with E-state index in [1.165, 1.54) is 21.2 Å². The predicted molar refractivity (Wildman–Crippen MR) is 115 cm³/mol. The normalized spacial score (nSPS) is 16.1. The number of hydrogen-bond acceptors (Lipinski definition) is 4. The Kier molecular flexibility index (Phi) is 6.68. The first-order valence-electron chi connectivity index (χ1n) is 9.34. The number of carbonyl (C=O) groups is 1. The second kappa shape index (κ2) is 9.00. The molecule has 1 fully saturated rings. The maximum atomic E-state index is 12.8. The van der Waals surface area contributed by atoms with Gasteiger partial charge in [-0.05, 0) is 50.2 Å². The van der Waals surface area contributed by atoms with Gasteiger partial charge in [-0.2, -0.15) is 0 Å². The fraction of sp³-hybridized carbons (Fsp3) is 0.381. The molecule has 27 heavy (non-hydrogen) atoms. The minimum absolute atomic E-state index is 0. The molecule has 0 saturated carbocycles. The van der Waals surface area contributed by atoms with E-state index in [9.17, 15) is 4.79 Å². The number of nitrogens with one attached hydrogen (secondary N) is 1. The van der Waals surface area contributed by atoms with Crippen molar-refractivity contribution in [3.8, 4) is 0 Å². The highest BCUT2D eigenvalue weighted by Crippen LogP contribution is 2.47. The molecule has 144 valence electrons. The lowest BCUT2D eigenvalue weighted by molar-refractivity contribution is -0.132. The molecular weight excluding hydrogens is 378 g/mol. The summed E-state index contributed by atoms with van der Waals surface area (Å²) in [5.41, 5.74) is 2.40. The third-order valence-electron chi connectivity index (χ3n) is 5.33. The number of hydrogen-bond donors (Lipinski definition) is 1. The van der Waals surface area contributed by atoms with Gasteiger partial charge < -0.3 is 15.1 Å². The number of nitrogens with zero attached hydrogens (tertiary/aromatic N) is 2. The van der Waals surface area contributed by atoms with E-state index in [2.05, 4.69) is 58.7 Å². The van der Waals surface area contributed by atoms with Gasteiger partial charge in [0, 0.05) is 35.8 Å². The number of carbonyl (C=O) groups excluding carboxylic acids is 1. The SMILES string of the molecule is CN(C(=O)CCN1c2ccccc2Sc2ccccc21)C1CCNCC1.Cl. The Morgan fingerprint density at radius 1 is 1.07 bits per heavy atom. The maximum absolute atomic E-state index is 12.8. The fourth-order valence-electron chi connectivity index (χ4n) is 3.80. The molecule has 0 aliphatic carbocycles. The minimum Gasteiger partial charge on any atom is -0.343 e. The summed E-state index contributed by atoms with van der Waals surface area (Å²) in [6.07, 6.45) is 2.64. The lowest BCUT2D eigenvalue weighted by Crippen LogP contribution is -2.44. The number of piperidine rings is 1. The van der Waals surface area contributed by atoms with Crippen molar-refractivity contribution in [1.29, 1.82) is 0 Å². The highest BCUT2D eigenvalue weighted by atomic mass is 35.5. The molecule has 2 aliphatic heterocycles. The molecule has 1 amide bonds. The third kappa shape index (κ3) is 4.26. The quantitative estimate of drug-likeness (QED) is 0.825. The van der Waals surface area contributed by atoms with Crippen LogP contribution in [0, 0.1) is 0 Å². The lowest BCUT2D eigenvalue weighted by Gasteiger charge is -2.34. The summed E-state index contributed by atoms with van der Waals surface area (Å²) < 4.78 is 0. The van der Waals surface area contributed by atoms with Crippen LogP contribution >= 0.6 is 24.2 Å². The van der Waals surface area contributed by atoms with Crippen LogP contribution in [0.1, 0.15) is 19.3 Å². The van der Waals surface area contributed by atoms with Crippen molar-refractivity contribution < 1.29 is 4.79 Å². The van der Waals surface area contributed by atoms with Gasteiger partial charge in [-0.3, -0.25) is 4.79 Å². The minimum atomic E-state index is 0. The smallest absolute Gasteiger partial charge is 0.224 e. The van der Waals surface area contributed by atoms with Crippen LogP contribution in [0.15, 0.2) is 58.3 Å². The first kappa shape index (κ1) is 20.1. The Morgan fingerprint density at radius 2 is 1.63 bits per heavy atom. The van der Waals surface area contributed by atoms with Gasteiger partial charge >= 0.3 is 0 Å². The highest BCUT2D eigenvalue weighted by molar-refractivity contribution is 7.99. The third-order valence-corrected chi connectivity index (χ3v) is 6.46. The fourth-order valence-corrected chi connectivity index (χ4v) is 4.90. The largest absolute Gasteiger partial charge is 0.343 e. The van der Waals surface area contributed by atoms with Gasteiger partial charge in [0.2, 0.25) is 5.91 Å². The number of benzene rings is 2. The second-order valence-electron chi connectivity index (χ2n) is 6.92. The Labute approximate surface area is 171 Å². The standard InChI is InChI=1S/C21H25N3OS.ClH/c1-23(16-10-13-22-14-11-16)21(25)12-15-24-17-6-2-4-8-19(17)26-20-9-5-3-7-18(20)24;/h2-9,16,22H,10-15H2,1H3;1H. The average molecular weight is 404 g/mol. The molecule has 1 saturated heterocycles. The lowest BCUT2D eigenvalue weighted by atomic mass is 10.0. The van der Waals surface area contributed by atoms with Gasteiger partial charge in [-0.1, -0.05) is 36.0 Å². The number of rotatable bonds is 4. The van der Waals surface area contributed by atoms with Crippen LogP contribution in [0.5, 0.6) is 0 Å². The van der Waals surface area contributed by atoms with E-state index in [-0.39, 0.29) is 18.3 Å². The summed E-state index contributed by atoms with van der Waals surface area (Å²) in [4.78, 5) is 19.6. The van der Waals surface area contributed by atoms with Crippen LogP contribution in [0.25, 0.3) is 0 Å². The van der Waals surface area contributed by atoms with Gasteiger partial charge in [0.15, 0.2) is 0 Å². The summed E-state index contributed by atoms with van der Waals surface area (Å²) in [6, 6.07) is 17.3. The van der Waals surface area contributed by atoms with E-state index in [0.29, 0.717) is 19.0 Å². The van der Waals surface area contributed by atoms with Crippen molar-refractivity contribution >= 4 is 41.5 Å². The zero-order chi connectivity index (χ0) is 17.9. The van der Waals surface area contributed by atoms with Crippen molar-refractivity contribution in [2.75, 3.05) is 31.6 Å². The molecular formula is C21H26ClN3OS. The topological polar surface area (TPSA) is 35.6 Å². The molecule has 0 unspecified atom stereocenters. The molecule has 0 aromatic heterocycles. The molecule has 4 rings (SSSR count). The van der Waals surface area contributed by atoms with E-state index in [1.807, 2.05) is 11.9 Å². The van der Waals surface area contributed by atoms with E-state index < -0.39 is 0 Å². The average Bonchev–Trinajstić information content (AvgIpc) is 2.71. The Hall–Kier alpha value is -1.69. The molecule has 0 radical (unpaired) electrons. The zero-order valence-electron chi connectivity index (χ0n) is 15.6. The Morgan fingerprint density at radius 3 is 2.22 bits per heavy atom. The van der Waals surface area contributed by atoms with Crippen molar-refractivity contribution in [3.05, 3.63) is 48.5 Å². The summed E-state index contributed by atoms with van der Waals surface area (Å²) in [6.45, 7) is 2.72. The summed E-state index contributed by atoms with van der Waals surface area (Å²) in [7, 11) is 1.96. The molecule has 2 aliphatic rings. The Bertz CT molecular complexity index is 749. The molecule has 0 atom stereocenters. The Balaban J connectivity index is 0.00000210. The molecule has 2 aromatic carbocycles. The zero-order valence-corrected chi connectivity index (χ0v) is 17.2. The van der Waals surface area contributed by atoms with E-state index in [4.69, 9.17) is 0 Å². The number of para-hydroxylation sites is 2. The molecule has 1 N–H and O–H groups in total. The first-order valence-corrected chi connectivity index (χ1v) is 10.2. The number of fused-ring (bicyclic) bond motifs is 2. The number of halogens is 1. The van der Waals surface area contributed by atoms with Crippen LogP contribution < -0.4 is 10.2 Å². The van der Waals surface area contributed by atoms with Crippen LogP contribution in [0.2, 0.25) is 0 Å². The molecule has 2 aromatic rings. The number of amides is 1. The predicted octanol–water partition coefficient (Wildman–Crippen LogP) is 4.31. The molecule has 4 nitrogen and oxygen atoms in total. The molecule has 0 bridgehead atoms. The van der Waals surface area contributed by atoms with Crippen molar-refractivity contribution in [1.82, 2.24) is 10.2 Å². The summed E-state index contributed by atoms with van der Waals surface area (Å²) in [5.74, 6) is 0.241. The van der Waals surface area contributed by atoms with Gasteiger partial charge in [0.25, 0.3) is 0 Å². The first-order chi connectivity index (χ1) is 12.7. The van der Waals surface area contributed by atoms with Crippen molar-refractivity contribution in [2.24, 2.45) is 0 Å². The van der Waals surface area contributed by atoms with Gasteiger partial charge in [0.1, 0.15) is 0 Å². The van der Waals surface area contributed by atoms with Gasteiger partial charge in [-0.25, -0.2) is 0 Å². The van der Waals surface area contributed by atoms with Crippen LogP contribution in [0.3, 0.4) is 0 Å². The highest BCUT2D eigenvalue weighted by Gasteiger charge is 2.25. The second-order valence-corrected chi connectivity index (χ2v) is 8.01. The van der Waals surface area contributed by atoms with Crippen molar-refractivity contribution in [3.63, 3.8) is 0 Å². The van der Waals surface area contributed by atoms with E-state index in [0.717, 1.165) is 25.9 Å². The summed E-state index contributed by atoms with van der Waals surface area (Å²) >= 11 is 1.81. The van der Waals surface area contributed by atoms with Gasteiger partial charge in [0.05, 0.1) is 11.4 Å². The molecule has 0 spiro atoms. The van der Waals surface area contributed by atoms with E-state index >= 15 is 0 Å². The molecule has 6 heteroatoms. The van der Waals surface area contributed by atoms with Gasteiger partial charge in [-0.15, -0.1) is 12.4 Å². The molecule has 2 heterocycles. The maximum Gasteiger partial charge on any atom is 0.224 e. The van der Waals surface area contributed by atoms with E-state index in [1.54, 1.807) is 11.8 Å². The number of anilines is 2.